The van der Waals surface area contributed by atoms with E-state index in [-0.39, 0.29) is 17.9 Å². The first-order valence-electron chi connectivity index (χ1n) is 10.1. The van der Waals surface area contributed by atoms with Crippen LogP contribution in [0.1, 0.15) is 52.4 Å². The molecule has 0 radical (unpaired) electrons. The van der Waals surface area contributed by atoms with Crippen LogP contribution in [0.3, 0.4) is 0 Å². The van der Waals surface area contributed by atoms with Crippen molar-refractivity contribution in [2.75, 3.05) is 26.2 Å². The molecule has 2 saturated heterocycles. The summed E-state index contributed by atoms with van der Waals surface area (Å²) in [4.78, 5) is 29.4. The summed E-state index contributed by atoms with van der Waals surface area (Å²) in [6.45, 7) is 11.3. The molecule has 0 aromatic carbocycles. The second kappa shape index (κ2) is 7.95. The number of hydrogen-bond acceptors (Lipinski definition) is 3. The molecule has 26 heavy (non-hydrogen) atoms. The van der Waals surface area contributed by atoms with E-state index in [9.17, 15) is 9.59 Å². The van der Waals surface area contributed by atoms with E-state index >= 15 is 0 Å². The molecular formula is C21H33N3O2. The van der Waals surface area contributed by atoms with Crippen molar-refractivity contribution in [2.24, 2.45) is 11.8 Å². The molecule has 0 aromatic heterocycles. The smallest absolute Gasteiger partial charge is 0.323 e. The van der Waals surface area contributed by atoms with Crippen LogP contribution < -0.4 is 5.32 Å². The molecule has 2 atom stereocenters. The SMILES string of the molecule is C=C(C)CN1C(=O)NC(CC)(C2CCN(CC3CC=CCC3)CC2)C1=O. The summed E-state index contributed by atoms with van der Waals surface area (Å²) in [5, 5.41) is 3.06. The van der Waals surface area contributed by atoms with Crippen molar-refractivity contribution >= 4 is 11.9 Å². The van der Waals surface area contributed by atoms with E-state index in [0.29, 0.717) is 13.0 Å². The number of likely N-dealkylation sites (tertiary alicyclic amines) is 1. The van der Waals surface area contributed by atoms with E-state index in [2.05, 4.69) is 28.9 Å². The van der Waals surface area contributed by atoms with Crippen LogP contribution in [0.4, 0.5) is 4.79 Å². The number of nitrogens with one attached hydrogen (secondary N) is 1. The lowest BCUT2D eigenvalue weighted by Crippen LogP contribution is -2.56. The Kier molecular flexibility index (Phi) is 5.86. The lowest BCUT2D eigenvalue weighted by molar-refractivity contribution is -0.134. The van der Waals surface area contributed by atoms with Gasteiger partial charge >= 0.3 is 6.03 Å². The number of hydrogen-bond donors (Lipinski definition) is 1. The van der Waals surface area contributed by atoms with Crippen LogP contribution in [-0.2, 0) is 4.79 Å². The van der Waals surface area contributed by atoms with Crippen molar-refractivity contribution in [3.8, 4) is 0 Å². The summed E-state index contributed by atoms with van der Waals surface area (Å²) in [5.41, 5.74) is 0.114. The van der Waals surface area contributed by atoms with Gasteiger partial charge in [-0.1, -0.05) is 31.2 Å². The van der Waals surface area contributed by atoms with E-state index in [4.69, 9.17) is 0 Å². The average molecular weight is 360 g/mol. The molecule has 3 amide bonds. The minimum Gasteiger partial charge on any atom is -0.323 e. The van der Waals surface area contributed by atoms with Gasteiger partial charge in [0.25, 0.3) is 5.91 Å². The van der Waals surface area contributed by atoms with Crippen LogP contribution in [-0.4, -0.2) is 53.5 Å². The molecule has 0 saturated carbocycles. The highest BCUT2D eigenvalue weighted by atomic mass is 16.2. The van der Waals surface area contributed by atoms with Crippen LogP contribution in [0, 0.1) is 11.8 Å². The molecule has 3 rings (SSSR count). The molecular weight excluding hydrogens is 326 g/mol. The van der Waals surface area contributed by atoms with Crippen LogP contribution >= 0.6 is 0 Å². The molecule has 5 heteroatoms. The Morgan fingerprint density at radius 2 is 2.00 bits per heavy atom. The van der Waals surface area contributed by atoms with E-state index < -0.39 is 5.54 Å². The van der Waals surface area contributed by atoms with Gasteiger partial charge in [-0.2, -0.15) is 0 Å². The van der Waals surface area contributed by atoms with Crippen LogP contribution in [0.25, 0.3) is 0 Å². The Bertz CT molecular complexity index is 592. The molecule has 2 fully saturated rings. The van der Waals surface area contributed by atoms with Crippen molar-refractivity contribution < 1.29 is 9.59 Å². The Balaban J connectivity index is 1.61. The van der Waals surface area contributed by atoms with E-state index in [1.165, 1.54) is 24.2 Å². The third-order valence-corrected chi connectivity index (χ3v) is 6.37. The molecule has 0 spiro atoms. The lowest BCUT2D eigenvalue weighted by Gasteiger charge is -2.41. The van der Waals surface area contributed by atoms with Crippen molar-refractivity contribution in [2.45, 2.75) is 57.9 Å². The zero-order valence-corrected chi connectivity index (χ0v) is 16.3. The van der Waals surface area contributed by atoms with Gasteiger partial charge in [0, 0.05) is 6.54 Å². The first-order valence-corrected chi connectivity index (χ1v) is 10.1. The van der Waals surface area contributed by atoms with Gasteiger partial charge in [-0.05, 0) is 70.4 Å². The largest absolute Gasteiger partial charge is 0.325 e. The molecule has 2 aliphatic heterocycles. The van der Waals surface area contributed by atoms with Gasteiger partial charge < -0.3 is 10.2 Å². The number of amides is 3. The second-order valence-electron chi connectivity index (χ2n) is 8.33. The quantitative estimate of drug-likeness (QED) is 0.585. The van der Waals surface area contributed by atoms with Crippen molar-refractivity contribution in [1.82, 2.24) is 15.1 Å². The lowest BCUT2D eigenvalue weighted by atomic mass is 9.75. The van der Waals surface area contributed by atoms with E-state index in [1.807, 2.05) is 13.8 Å². The first kappa shape index (κ1) is 19.2. The van der Waals surface area contributed by atoms with Gasteiger partial charge in [-0.3, -0.25) is 9.69 Å². The molecule has 1 N–H and O–H groups in total. The number of piperidine rings is 1. The molecule has 2 heterocycles. The number of nitrogens with zero attached hydrogens (tertiary/aromatic N) is 2. The summed E-state index contributed by atoms with van der Waals surface area (Å²) < 4.78 is 0. The summed E-state index contributed by atoms with van der Waals surface area (Å²) in [7, 11) is 0. The summed E-state index contributed by atoms with van der Waals surface area (Å²) in [6.07, 6.45) is 10.9. The molecule has 3 aliphatic rings. The number of urea groups is 1. The summed E-state index contributed by atoms with van der Waals surface area (Å²) in [5.74, 6) is 0.945. The maximum atomic E-state index is 13.1. The number of carbonyl (C=O) groups is 2. The standard InChI is InChI=1S/C21H33N3O2/c1-4-21(19(25)24(14-16(2)3)20(26)22-21)18-10-12-23(13-11-18)15-17-8-6-5-7-9-17/h5-6,17-18H,2,4,7-15H2,1,3H3,(H,22,26). The van der Waals surface area contributed by atoms with Crippen LogP contribution in [0.5, 0.6) is 0 Å². The number of carbonyl (C=O) groups excluding carboxylic acids is 2. The van der Waals surface area contributed by atoms with Gasteiger partial charge in [0.05, 0.1) is 6.54 Å². The minimum absolute atomic E-state index is 0.0520. The topological polar surface area (TPSA) is 52.7 Å². The maximum Gasteiger partial charge on any atom is 0.325 e. The second-order valence-corrected chi connectivity index (χ2v) is 8.33. The molecule has 2 unspecified atom stereocenters. The number of rotatable bonds is 6. The van der Waals surface area contributed by atoms with E-state index in [0.717, 1.165) is 44.0 Å². The maximum absolute atomic E-state index is 13.1. The number of imide groups is 1. The first-order chi connectivity index (χ1) is 12.5. The molecule has 0 aromatic rings. The third kappa shape index (κ3) is 3.73. The fourth-order valence-electron chi connectivity index (χ4n) is 4.86. The summed E-state index contributed by atoms with van der Waals surface area (Å²) in [6, 6.07) is -0.253. The number of allylic oxidation sites excluding steroid dienone is 2. The Hall–Kier alpha value is -1.62. The van der Waals surface area contributed by atoms with Gasteiger partial charge in [-0.15, -0.1) is 0 Å². The van der Waals surface area contributed by atoms with Gasteiger partial charge in [0.2, 0.25) is 0 Å². The fourth-order valence-corrected chi connectivity index (χ4v) is 4.86. The van der Waals surface area contributed by atoms with Crippen LogP contribution in [0.15, 0.2) is 24.3 Å². The third-order valence-electron chi connectivity index (χ3n) is 6.37. The molecule has 144 valence electrons. The van der Waals surface area contributed by atoms with Gasteiger partial charge in [-0.25, -0.2) is 4.79 Å². The predicted molar refractivity (Wildman–Crippen MR) is 104 cm³/mol. The molecule has 5 nitrogen and oxygen atoms in total. The van der Waals surface area contributed by atoms with Crippen molar-refractivity contribution in [3.05, 3.63) is 24.3 Å². The average Bonchev–Trinajstić information content (AvgIpc) is 2.88. The normalized spacial score (nSPS) is 30.7. The Morgan fingerprint density at radius 1 is 1.27 bits per heavy atom. The highest BCUT2D eigenvalue weighted by molar-refractivity contribution is 6.07. The van der Waals surface area contributed by atoms with Crippen molar-refractivity contribution in [1.29, 1.82) is 0 Å². The molecule has 1 aliphatic carbocycles. The van der Waals surface area contributed by atoms with Gasteiger partial charge in [0.15, 0.2) is 0 Å². The highest BCUT2D eigenvalue weighted by Gasteiger charge is 2.54. The highest BCUT2D eigenvalue weighted by Crippen LogP contribution is 2.36. The minimum atomic E-state index is -0.716. The zero-order chi connectivity index (χ0) is 18.7. The zero-order valence-electron chi connectivity index (χ0n) is 16.3. The van der Waals surface area contributed by atoms with Gasteiger partial charge in [0.1, 0.15) is 5.54 Å². The monoisotopic (exact) mass is 359 g/mol. The Morgan fingerprint density at radius 3 is 2.58 bits per heavy atom. The summed E-state index contributed by atoms with van der Waals surface area (Å²) >= 11 is 0. The molecule has 0 bridgehead atoms. The fraction of sp³-hybridized carbons (Fsp3) is 0.714. The Labute approximate surface area is 157 Å². The predicted octanol–water partition coefficient (Wildman–Crippen LogP) is 3.33. The van der Waals surface area contributed by atoms with Crippen molar-refractivity contribution in [3.63, 3.8) is 0 Å². The van der Waals surface area contributed by atoms with Crippen LogP contribution in [0.2, 0.25) is 0 Å². The van der Waals surface area contributed by atoms with E-state index in [1.54, 1.807) is 0 Å².